The third kappa shape index (κ3) is 11.2. The Bertz CT molecular complexity index is 2040. The van der Waals surface area contributed by atoms with Gasteiger partial charge in [-0.3, -0.25) is 0 Å². The molecule has 0 aromatic heterocycles. The summed E-state index contributed by atoms with van der Waals surface area (Å²) < 4.78 is 67.7. The van der Waals surface area contributed by atoms with Crippen LogP contribution in [0.1, 0.15) is 102 Å². The number of fused-ring (bicyclic) bond motifs is 1. The lowest BCUT2D eigenvalue weighted by atomic mass is 9.97. The predicted molar refractivity (Wildman–Crippen MR) is 290 cm³/mol. The molecule has 3 aromatic carbocycles. The number of rotatable bonds is 17. The van der Waals surface area contributed by atoms with Crippen LogP contribution in [0.4, 0.5) is 0 Å². The van der Waals surface area contributed by atoms with E-state index in [1.807, 2.05) is 0 Å². The summed E-state index contributed by atoms with van der Waals surface area (Å²) in [7, 11) is -25.9. The lowest BCUT2D eigenvalue weighted by Crippen LogP contribution is -2.85. The second kappa shape index (κ2) is 19.3. The van der Waals surface area contributed by atoms with Crippen molar-refractivity contribution in [2.45, 2.75) is 162 Å². The van der Waals surface area contributed by atoms with Crippen LogP contribution in [-0.2, 0) is 32.9 Å². The highest BCUT2D eigenvalue weighted by molar-refractivity contribution is 7.14. The largest absolute Gasteiger partial charge is 0.415 e. The molecule has 0 radical (unpaired) electrons. The Kier molecular flexibility index (Phi) is 15.0. The third-order valence-corrected chi connectivity index (χ3v) is 65.1. The van der Waals surface area contributed by atoms with Gasteiger partial charge in [0, 0.05) is 22.7 Å². The van der Waals surface area contributed by atoms with E-state index < -0.39 is 68.5 Å². The van der Waals surface area contributed by atoms with Crippen LogP contribution in [-0.4, -0.2) is 68.5 Å². The molecule has 8 bridgehead atoms. The van der Waals surface area contributed by atoms with Crippen molar-refractivity contribution in [3.8, 4) is 11.1 Å². The average molecular weight is 1040 g/mol. The molecule has 6 aliphatic rings. The van der Waals surface area contributed by atoms with E-state index in [1.54, 1.807) is 0 Å². The van der Waals surface area contributed by atoms with E-state index in [2.05, 4.69) is 175 Å². The van der Waals surface area contributed by atoms with E-state index in [0.717, 1.165) is 64.9 Å². The topological polar surface area (TPSA) is 73.8 Å². The van der Waals surface area contributed by atoms with Crippen LogP contribution in [0, 0.1) is 41.4 Å². The molecule has 0 spiro atoms. The maximum absolute atomic E-state index is 8.51. The fourth-order valence-electron chi connectivity index (χ4n) is 13.1. The van der Waals surface area contributed by atoms with E-state index in [0.29, 0.717) is 47.1 Å². The van der Waals surface area contributed by atoms with Crippen molar-refractivity contribution in [3.05, 3.63) is 78.0 Å². The van der Waals surface area contributed by atoms with Crippen LogP contribution in [0.2, 0.25) is 65.0 Å². The maximum Gasteiger partial charge on any atom is 0.349 e. The molecular weight excluding hydrogens is 953 g/mol. The van der Waals surface area contributed by atoms with Gasteiger partial charge in [0.15, 0.2) is 0 Å². The zero-order valence-electron chi connectivity index (χ0n) is 43.1. The van der Waals surface area contributed by atoms with Gasteiger partial charge < -0.3 is 32.9 Å². The van der Waals surface area contributed by atoms with Crippen molar-refractivity contribution >= 4 is 85.3 Å². The second-order valence-corrected chi connectivity index (χ2v) is 54.1. The van der Waals surface area contributed by atoms with Crippen LogP contribution < -0.4 is 0 Å². The number of benzene rings is 3. The first-order chi connectivity index (χ1) is 30.9. The standard InChI is InChI=1S/C50H84O8Si8/c1-39(2)28-60-35-59(27-26-46-22-24-48(25-23-46)50-21-17-19-47-18-15-16-20-49(47)50)51-61(29-40(3)4)36-63(53-60,31-42(7)8)57-66(34-45(13)14)38-65(54-60,33-44(11)12)56-62(52-59,30-41(5)6)37-64(55-61,58-66)32-43(9)10/h15-27,39-45H,28-38H2,1-14H3/b27-26+. The van der Waals surface area contributed by atoms with E-state index in [1.165, 1.54) is 21.9 Å². The molecule has 364 valence electrons. The summed E-state index contributed by atoms with van der Waals surface area (Å²) in [4.78, 5) is 0. The lowest BCUT2D eigenvalue weighted by molar-refractivity contribution is 0.160. The van der Waals surface area contributed by atoms with E-state index in [9.17, 15) is 0 Å². The number of hydrogen-bond acceptors (Lipinski definition) is 8. The minimum Gasteiger partial charge on any atom is -0.415 e. The molecule has 66 heavy (non-hydrogen) atoms. The number of hydrogen-bond donors (Lipinski definition) is 0. The van der Waals surface area contributed by atoms with Gasteiger partial charge in [-0.25, -0.2) is 0 Å². The molecule has 6 heterocycles. The molecule has 16 heteroatoms. The van der Waals surface area contributed by atoms with Gasteiger partial charge in [-0.1, -0.05) is 170 Å². The minimum absolute atomic E-state index is 0.344. The molecule has 8 unspecified atom stereocenters. The summed E-state index contributed by atoms with van der Waals surface area (Å²) in [5.74, 6) is 2.51. The van der Waals surface area contributed by atoms with Crippen LogP contribution >= 0.6 is 0 Å². The molecular formula is C50H84O8Si8. The molecule has 9 rings (SSSR count). The van der Waals surface area contributed by atoms with E-state index in [4.69, 9.17) is 32.9 Å². The van der Waals surface area contributed by atoms with Gasteiger partial charge in [-0.15, -0.1) is 0 Å². The molecule has 0 aliphatic carbocycles. The average Bonchev–Trinajstić information content (AvgIpc) is 3.12. The quantitative estimate of drug-likeness (QED) is 0.124. The van der Waals surface area contributed by atoms with Crippen LogP contribution in [0.15, 0.2) is 72.4 Å². The fourth-order valence-corrected chi connectivity index (χ4v) is 85.4. The summed E-state index contributed by atoms with van der Waals surface area (Å²) >= 11 is 0. The van der Waals surface area contributed by atoms with Crippen molar-refractivity contribution in [2.75, 3.05) is 0 Å². The van der Waals surface area contributed by atoms with Crippen LogP contribution in [0.5, 0.6) is 0 Å². The van der Waals surface area contributed by atoms with Gasteiger partial charge in [-0.2, -0.15) is 0 Å². The monoisotopic (exact) mass is 1040 g/mol. The Morgan fingerprint density at radius 3 is 1.09 bits per heavy atom. The molecule has 6 saturated heterocycles. The summed E-state index contributed by atoms with van der Waals surface area (Å²) in [5.41, 5.74) is 9.03. The molecule has 0 amide bonds. The fraction of sp³-hybridized carbons (Fsp3) is 0.640. The molecule has 6 aliphatic heterocycles. The Labute approximate surface area is 408 Å². The molecule has 3 aromatic rings. The Morgan fingerprint density at radius 1 is 0.379 bits per heavy atom. The first-order valence-electron chi connectivity index (χ1n) is 25.8. The first kappa shape index (κ1) is 51.4. The minimum atomic E-state index is -3.46. The highest BCUT2D eigenvalue weighted by Gasteiger charge is 2.78. The molecule has 6 fully saturated rings. The van der Waals surface area contributed by atoms with Crippen molar-refractivity contribution < 1.29 is 32.9 Å². The van der Waals surface area contributed by atoms with Crippen LogP contribution in [0.25, 0.3) is 28.0 Å². The van der Waals surface area contributed by atoms with Gasteiger partial charge in [0.25, 0.3) is 0 Å². The van der Waals surface area contributed by atoms with Gasteiger partial charge in [0.1, 0.15) is 0 Å². The zero-order chi connectivity index (χ0) is 47.6. The van der Waals surface area contributed by atoms with Crippen molar-refractivity contribution in [1.29, 1.82) is 0 Å². The van der Waals surface area contributed by atoms with Gasteiger partial charge in [0.05, 0.1) is 0 Å². The Hall–Kier alpha value is -0.925. The smallest absolute Gasteiger partial charge is 0.349 e. The zero-order valence-corrected chi connectivity index (χ0v) is 51.1. The second-order valence-electron chi connectivity index (χ2n) is 24.4. The molecule has 0 N–H and O–H groups in total. The van der Waals surface area contributed by atoms with Gasteiger partial charge in [0.2, 0.25) is 0 Å². The highest BCUT2D eigenvalue weighted by Crippen LogP contribution is 2.59. The van der Waals surface area contributed by atoms with Crippen molar-refractivity contribution in [2.24, 2.45) is 41.4 Å². The first-order valence-corrected chi connectivity index (χ1v) is 43.5. The van der Waals surface area contributed by atoms with E-state index >= 15 is 0 Å². The molecule has 8 nitrogen and oxygen atoms in total. The predicted octanol–water partition coefficient (Wildman–Crippen LogP) is 14.5. The van der Waals surface area contributed by atoms with Gasteiger partial charge >= 0.3 is 68.5 Å². The normalized spacial score (nSPS) is 35.6. The summed E-state index contributed by atoms with van der Waals surface area (Å²) in [6.45, 7) is 33.0. The van der Waals surface area contributed by atoms with Gasteiger partial charge in [-0.05, 0) is 117 Å². The summed E-state index contributed by atoms with van der Waals surface area (Å²) in [6.07, 6.45) is 2.32. The van der Waals surface area contributed by atoms with Crippen LogP contribution in [0.3, 0.4) is 0 Å². The Balaban J connectivity index is 1.40. The summed E-state index contributed by atoms with van der Waals surface area (Å²) in [6, 6.07) is 30.5. The highest BCUT2D eigenvalue weighted by atomic mass is 28.6. The molecule has 0 saturated carbocycles. The van der Waals surface area contributed by atoms with Crippen molar-refractivity contribution in [3.63, 3.8) is 0 Å². The SMILES string of the molecule is CC(C)C[Si]12C[Si]3(CC(C)C)O[Si]4(CC(C)C)C[Si]5(CC(C)C)O[Si](CC(C)C)(C[Si](/C=C/c6ccc(-c7cccc8ccccc78)cc6)(O1)O4)O[Si](CC(C)C)(C[Si](CC(C)C)(O3)O5)O2. The van der Waals surface area contributed by atoms with E-state index in [-0.39, 0.29) is 0 Å². The lowest BCUT2D eigenvalue weighted by Gasteiger charge is -2.66. The third-order valence-electron chi connectivity index (χ3n) is 13.7. The molecule has 8 atom stereocenters. The van der Waals surface area contributed by atoms with Crippen molar-refractivity contribution in [1.82, 2.24) is 0 Å². The Morgan fingerprint density at radius 2 is 0.712 bits per heavy atom. The maximum atomic E-state index is 8.51. The summed E-state index contributed by atoms with van der Waals surface area (Å²) in [5, 5.41) is 2.52.